The molecule has 0 aliphatic carbocycles. The minimum Gasteiger partial charge on any atom is -0.369 e. The number of benzene rings is 1. The molecule has 1 heterocycles. The average molecular weight is 208 g/mol. The number of imidazole rings is 1. The predicted molar refractivity (Wildman–Crippen MR) is 49.7 cm³/mol. The molecule has 0 atom stereocenters. The van der Waals surface area contributed by atoms with Crippen molar-refractivity contribution < 1.29 is 8.78 Å². The van der Waals surface area contributed by atoms with Gasteiger partial charge in [0, 0.05) is 12.1 Å². The van der Waals surface area contributed by atoms with Crippen molar-refractivity contribution in [3.8, 4) is 6.07 Å². The number of nitrogens with zero attached hydrogens (tertiary/aromatic N) is 3. The van der Waals surface area contributed by atoms with Crippen LogP contribution >= 0.6 is 0 Å². The Morgan fingerprint density at radius 3 is 2.73 bits per heavy atom. The number of rotatable bonds is 1. The van der Waals surface area contributed by atoms with E-state index in [4.69, 9.17) is 11.0 Å². The molecule has 2 aromatic rings. The third kappa shape index (κ3) is 1.38. The fraction of sp³-hybridized carbons (Fsp3) is 0.111. The van der Waals surface area contributed by atoms with Gasteiger partial charge in [0.15, 0.2) is 11.6 Å². The van der Waals surface area contributed by atoms with E-state index in [1.807, 2.05) is 6.07 Å². The Labute approximate surface area is 83.5 Å². The van der Waals surface area contributed by atoms with Crippen LogP contribution in [0.2, 0.25) is 0 Å². The topological polar surface area (TPSA) is 67.6 Å². The largest absolute Gasteiger partial charge is 0.369 e. The summed E-state index contributed by atoms with van der Waals surface area (Å²) in [6.45, 7) is -0.0482. The number of halogens is 2. The molecule has 0 saturated heterocycles. The van der Waals surface area contributed by atoms with Gasteiger partial charge >= 0.3 is 0 Å². The van der Waals surface area contributed by atoms with Crippen molar-refractivity contribution in [3.05, 3.63) is 23.8 Å². The van der Waals surface area contributed by atoms with Gasteiger partial charge in [-0.25, -0.2) is 13.8 Å². The van der Waals surface area contributed by atoms with Crippen molar-refractivity contribution >= 4 is 17.0 Å². The Kier molecular flexibility index (Phi) is 2.01. The SMILES string of the molecule is N#CCn1c(N)nc2cc(F)c(F)cc21. The number of anilines is 1. The maximum absolute atomic E-state index is 12.9. The molecule has 0 aliphatic heterocycles. The quantitative estimate of drug-likeness (QED) is 0.770. The zero-order valence-electron chi connectivity index (χ0n) is 7.54. The second-order valence-electron chi connectivity index (χ2n) is 2.97. The number of hydrogen-bond acceptors (Lipinski definition) is 3. The molecule has 0 amide bonds. The Morgan fingerprint density at radius 2 is 2.07 bits per heavy atom. The summed E-state index contributed by atoms with van der Waals surface area (Å²) >= 11 is 0. The number of aromatic nitrogens is 2. The normalized spacial score (nSPS) is 10.5. The van der Waals surface area contributed by atoms with Crippen molar-refractivity contribution in [1.82, 2.24) is 9.55 Å². The van der Waals surface area contributed by atoms with Crippen LogP contribution in [0.15, 0.2) is 12.1 Å². The van der Waals surface area contributed by atoms with Gasteiger partial charge in [0.2, 0.25) is 5.95 Å². The van der Waals surface area contributed by atoms with Crippen LogP contribution in [0.25, 0.3) is 11.0 Å². The van der Waals surface area contributed by atoms with Crippen LogP contribution < -0.4 is 5.73 Å². The van der Waals surface area contributed by atoms with Crippen molar-refractivity contribution in [3.63, 3.8) is 0 Å². The van der Waals surface area contributed by atoms with Gasteiger partial charge in [-0.2, -0.15) is 5.26 Å². The molecule has 0 unspecified atom stereocenters. The van der Waals surface area contributed by atoms with E-state index in [-0.39, 0.29) is 18.0 Å². The van der Waals surface area contributed by atoms with Gasteiger partial charge < -0.3 is 5.73 Å². The average Bonchev–Trinajstić information content (AvgIpc) is 2.46. The fourth-order valence-corrected chi connectivity index (χ4v) is 1.38. The summed E-state index contributed by atoms with van der Waals surface area (Å²) in [6, 6.07) is 3.79. The summed E-state index contributed by atoms with van der Waals surface area (Å²) < 4.78 is 27.1. The smallest absolute Gasteiger partial charge is 0.202 e. The van der Waals surface area contributed by atoms with Gasteiger partial charge in [-0.05, 0) is 0 Å². The van der Waals surface area contributed by atoms with Crippen LogP contribution in [-0.2, 0) is 6.54 Å². The summed E-state index contributed by atoms with van der Waals surface area (Å²) in [5, 5.41) is 8.52. The first-order valence-corrected chi connectivity index (χ1v) is 4.11. The Bertz CT molecular complexity index is 567. The van der Waals surface area contributed by atoms with Crippen LogP contribution in [0.4, 0.5) is 14.7 Å². The maximum atomic E-state index is 12.9. The van der Waals surface area contributed by atoms with E-state index >= 15 is 0 Å². The molecule has 0 aliphatic rings. The van der Waals surface area contributed by atoms with Crippen LogP contribution in [0.1, 0.15) is 0 Å². The zero-order chi connectivity index (χ0) is 11.0. The summed E-state index contributed by atoms with van der Waals surface area (Å²) in [5.74, 6) is -1.90. The molecule has 0 saturated carbocycles. The highest BCUT2D eigenvalue weighted by Crippen LogP contribution is 2.20. The highest BCUT2D eigenvalue weighted by atomic mass is 19.2. The molecular weight excluding hydrogens is 202 g/mol. The predicted octanol–water partition coefficient (Wildman–Crippen LogP) is 1.42. The first-order valence-electron chi connectivity index (χ1n) is 4.11. The molecule has 1 aromatic carbocycles. The van der Waals surface area contributed by atoms with E-state index in [0.29, 0.717) is 5.52 Å². The Balaban J connectivity index is 2.77. The summed E-state index contributed by atoms with van der Waals surface area (Å²) in [6.07, 6.45) is 0. The van der Waals surface area contributed by atoms with E-state index in [0.717, 1.165) is 12.1 Å². The lowest BCUT2D eigenvalue weighted by Crippen LogP contribution is -2.01. The fourth-order valence-electron chi connectivity index (χ4n) is 1.38. The van der Waals surface area contributed by atoms with Gasteiger partial charge in [0.1, 0.15) is 6.54 Å². The monoisotopic (exact) mass is 208 g/mol. The lowest BCUT2D eigenvalue weighted by Gasteiger charge is -1.99. The highest BCUT2D eigenvalue weighted by molar-refractivity contribution is 5.78. The second kappa shape index (κ2) is 3.20. The van der Waals surface area contributed by atoms with Gasteiger partial charge in [0.25, 0.3) is 0 Å². The van der Waals surface area contributed by atoms with E-state index in [1.54, 1.807) is 0 Å². The second-order valence-corrected chi connectivity index (χ2v) is 2.97. The lowest BCUT2D eigenvalue weighted by atomic mass is 10.3. The highest BCUT2D eigenvalue weighted by Gasteiger charge is 2.11. The molecule has 0 radical (unpaired) electrons. The molecule has 0 spiro atoms. The Hall–Kier alpha value is -2.16. The third-order valence-corrected chi connectivity index (χ3v) is 2.05. The molecule has 0 fully saturated rings. The first kappa shape index (κ1) is 9.40. The maximum Gasteiger partial charge on any atom is 0.202 e. The van der Waals surface area contributed by atoms with Gasteiger partial charge in [-0.15, -0.1) is 0 Å². The van der Waals surface area contributed by atoms with Crippen LogP contribution in [0.5, 0.6) is 0 Å². The van der Waals surface area contributed by atoms with Gasteiger partial charge in [0.05, 0.1) is 17.1 Å². The summed E-state index contributed by atoms with van der Waals surface area (Å²) in [7, 11) is 0. The summed E-state index contributed by atoms with van der Waals surface area (Å²) in [4.78, 5) is 3.82. The molecule has 1 aromatic heterocycles. The summed E-state index contributed by atoms with van der Waals surface area (Å²) in [5.41, 5.74) is 6.05. The molecule has 2 N–H and O–H groups in total. The van der Waals surface area contributed by atoms with Crippen molar-refractivity contribution in [1.29, 1.82) is 5.26 Å². The molecule has 76 valence electrons. The van der Waals surface area contributed by atoms with E-state index in [9.17, 15) is 8.78 Å². The molecule has 15 heavy (non-hydrogen) atoms. The minimum absolute atomic E-state index is 0.0482. The van der Waals surface area contributed by atoms with Gasteiger partial charge in [-0.1, -0.05) is 0 Å². The minimum atomic E-state index is -0.985. The number of hydrogen-bond donors (Lipinski definition) is 1. The lowest BCUT2D eigenvalue weighted by molar-refractivity contribution is 0.510. The molecule has 4 nitrogen and oxygen atoms in total. The Morgan fingerprint density at radius 1 is 1.40 bits per heavy atom. The first-order chi connectivity index (χ1) is 7.13. The number of nitrogen functional groups attached to an aromatic ring is 1. The van der Waals surface area contributed by atoms with E-state index < -0.39 is 11.6 Å². The number of nitrogens with two attached hydrogens (primary N) is 1. The van der Waals surface area contributed by atoms with Crippen molar-refractivity contribution in [2.24, 2.45) is 0 Å². The van der Waals surface area contributed by atoms with Gasteiger partial charge in [-0.3, -0.25) is 4.57 Å². The molecule has 2 rings (SSSR count). The van der Waals surface area contributed by atoms with E-state index in [2.05, 4.69) is 4.98 Å². The van der Waals surface area contributed by atoms with Crippen LogP contribution in [0.3, 0.4) is 0 Å². The molecule has 0 bridgehead atoms. The molecular formula is C9H6F2N4. The van der Waals surface area contributed by atoms with Crippen molar-refractivity contribution in [2.75, 3.05) is 5.73 Å². The van der Waals surface area contributed by atoms with E-state index in [1.165, 1.54) is 4.57 Å². The van der Waals surface area contributed by atoms with Crippen LogP contribution in [-0.4, -0.2) is 9.55 Å². The standard InChI is InChI=1S/C9H6F2N4/c10-5-3-7-8(4-6(5)11)15(2-1-12)9(13)14-7/h3-4H,2H2,(H2,13,14). The van der Waals surface area contributed by atoms with Crippen LogP contribution in [0, 0.1) is 23.0 Å². The number of nitriles is 1. The van der Waals surface area contributed by atoms with Crippen molar-refractivity contribution in [2.45, 2.75) is 6.54 Å². The molecule has 6 heteroatoms. The third-order valence-electron chi connectivity index (χ3n) is 2.05. The number of fused-ring (bicyclic) bond motifs is 1. The zero-order valence-corrected chi connectivity index (χ0v) is 7.54.